The predicted molar refractivity (Wildman–Crippen MR) is 46.2 cm³/mol. The van der Waals surface area contributed by atoms with Gasteiger partial charge in [0.15, 0.2) is 0 Å². The van der Waals surface area contributed by atoms with Crippen LogP contribution in [0.15, 0.2) is 12.3 Å². The van der Waals surface area contributed by atoms with Gasteiger partial charge in [-0.3, -0.25) is 9.52 Å². The van der Waals surface area contributed by atoms with E-state index in [1.54, 1.807) is 0 Å². The largest absolute Gasteiger partial charge is 0.298 e. The normalized spacial score (nSPS) is 13.2. The van der Waals surface area contributed by atoms with Crippen molar-refractivity contribution in [3.63, 3.8) is 0 Å². The Morgan fingerprint density at radius 1 is 1.75 bits per heavy atom. The molecule has 0 bridgehead atoms. The van der Waals surface area contributed by atoms with Crippen molar-refractivity contribution in [1.82, 2.24) is 9.78 Å². The topological polar surface area (TPSA) is 53.1 Å². The maximum absolute atomic E-state index is 4.93. The van der Waals surface area contributed by atoms with Crippen molar-refractivity contribution < 1.29 is 4.84 Å². The van der Waals surface area contributed by atoms with Crippen LogP contribution >= 0.6 is 0 Å². The van der Waals surface area contributed by atoms with Gasteiger partial charge in [0.2, 0.25) is 0 Å². The van der Waals surface area contributed by atoms with Crippen LogP contribution in [0.3, 0.4) is 0 Å². The first-order valence-electron chi connectivity index (χ1n) is 4.13. The lowest BCUT2D eigenvalue weighted by molar-refractivity contribution is 0.120. The summed E-state index contributed by atoms with van der Waals surface area (Å²) in [5.41, 5.74) is 0.873. The predicted octanol–water partition coefficient (Wildman–Crippen LogP) is 1.24. The van der Waals surface area contributed by atoms with E-state index in [9.17, 15) is 0 Å². The smallest absolute Gasteiger partial charge is 0.112 e. The Kier molecular flexibility index (Phi) is 3.25. The Labute approximate surface area is 72.3 Å². The molecule has 12 heavy (non-hydrogen) atoms. The van der Waals surface area contributed by atoms with Crippen molar-refractivity contribution in [2.45, 2.75) is 32.9 Å². The number of aromatic nitrogens is 2. The molecule has 1 heterocycles. The van der Waals surface area contributed by atoms with Crippen LogP contribution in [-0.2, 0) is 11.4 Å². The first-order chi connectivity index (χ1) is 5.77. The zero-order valence-electron chi connectivity index (χ0n) is 7.53. The highest BCUT2D eigenvalue weighted by atomic mass is 16.6. The highest BCUT2D eigenvalue weighted by Crippen LogP contribution is 2.09. The molecular weight excluding hydrogens is 154 g/mol. The van der Waals surface area contributed by atoms with E-state index in [-0.39, 0.29) is 0 Å². The molecule has 0 spiro atoms. The lowest BCUT2D eigenvalue weighted by atomic mass is 10.3. The minimum Gasteiger partial charge on any atom is -0.298 e. The molecule has 0 aliphatic heterocycles. The maximum atomic E-state index is 4.93. The highest BCUT2D eigenvalue weighted by Gasteiger charge is 2.03. The summed E-state index contributed by atoms with van der Waals surface area (Å²) < 4.78 is 1.92. The van der Waals surface area contributed by atoms with Gasteiger partial charge >= 0.3 is 0 Å². The van der Waals surface area contributed by atoms with E-state index in [0.717, 1.165) is 12.1 Å². The second-order valence-electron chi connectivity index (χ2n) is 2.86. The standard InChI is InChI=1S/C8H15N3O/c1-3-7(2)11-5-4-8(10-11)6-12-9/h4-5,7H,3,6,9H2,1-2H3. The number of hydrogen-bond acceptors (Lipinski definition) is 3. The van der Waals surface area contributed by atoms with Crippen LogP contribution in [0.2, 0.25) is 0 Å². The quantitative estimate of drug-likeness (QED) is 0.690. The summed E-state index contributed by atoms with van der Waals surface area (Å²) in [4.78, 5) is 4.48. The van der Waals surface area contributed by atoms with Gasteiger partial charge in [0.25, 0.3) is 0 Å². The maximum Gasteiger partial charge on any atom is 0.112 e. The molecule has 4 heteroatoms. The molecular formula is C8H15N3O. The number of rotatable bonds is 4. The molecule has 1 aromatic rings. The summed E-state index contributed by atoms with van der Waals surface area (Å²) in [6.07, 6.45) is 3.02. The van der Waals surface area contributed by atoms with Crippen molar-refractivity contribution in [3.05, 3.63) is 18.0 Å². The Morgan fingerprint density at radius 2 is 2.50 bits per heavy atom. The van der Waals surface area contributed by atoms with E-state index in [1.165, 1.54) is 0 Å². The fourth-order valence-corrected chi connectivity index (χ4v) is 0.972. The number of nitrogens with two attached hydrogens (primary N) is 1. The molecule has 2 N–H and O–H groups in total. The van der Waals surface area contributed by atoms with Crippen LogP contribution in [0.25, 0.3) is 0 Å². The minimum atomic E-state index is 0.378. The molecule has 4 nitrogen and oxygen atoms in total. The third-order valence-electron chi connectivity index (χ3n) is 1.94. The fraction of sp³-hybridized carbons (Fsp3) is 0.625. The van der Waals surface area contributed by atoms with E-state index in [4.69, 9.17) is 5.90 Å². The first kappa shape index (κ1) is 9.22. The second kappa shape index (κ2) is 4.23. The molecule has 1 unspecified atom stereocenters. The van der Waals surface area contributed by atoms with Gasteiger partial charge in [-0.2, -0.15) is 5.10 Å². The van der Waals surface area contributed by atoms with Crippen molar-refractivity contribution in [3.8, 4) is 0 Å². The molecule has 0 radical (unpaired) electrons. The summed E-state index contributed by atoms with van der Waals surface area (Å²) in [5, 5.41) is 4.28. The summed E-state index contributed by atoms with van der Waals surface area (Å²) >= 11 is 0. The van der Waals surface area contributed by atoms with Gasteiger partial charge in [-0.05, 0) is 19.4 Å². The Balaban J connectivity index is 2.63. The van der Waals surface area contributed by atoms with E-state index in [1.807, 2.05) is 16.9 Å². The fourth-order valence-electron chi connectivity index (χ4n) is 0.972. The lowest BCUT2D eigenvalue weighted by Gasteiger charge is -2.07. The Bertz CT molecular complexity index is 234. The minimum absolute atomic E-state index is 0.378. The molecule has 0 aliphatic carbocycles. The van der Waals surface area contributed by atoms with Crippen LogP contribution in [0.4, 0.5) is 0 Å². The van der Waals surface area contributed by atoms with Gasteiger partial charge in [-0.25, -0.2) is 5.90 Å². The summed E-state index contributed by atoms with van der Waals surface area (Å²) in [5.74, 6) is 4.93. The van der Waals surface area contributed by atoms with Crippen LogP contribution in [0.1, 0.15) is 32.0 Å². The molecule has 0 saturated carbocycles. The van der Waals surface area contributed by atoms with Gasteiger partial charge in [-0.15, -0.1) is 0 Å². The summed E-state index contributed by atoms with van der Waals surface area (Å²) in [7, 11) is 0. The molecule has 0 fully saturated rings. The van der Waals surface area contributed by atoms with Gasteiger partial charge < -0.3 is 0 Å². The average molecular weight is 169 g/mol. The van der Waals surface area contributed by atoms with Crippen molar-refractivity contribution >= 4 is 0 Å². The average Bonchev–Trinajstić information content (AvgIpc) is 2.52. The van der Waals surface area contributed by atoms with Crippen molar-refractivity contribution in [2.75, 3.05) is 0 Å². The molecule has 0 amide bonds. The van der Waals surface area contributed by atoms with E-state index in [2.05, 4.69) is 23.8 Å². The molecule has 1 atom stereocenters. The summed E-state index contributed by atoms with van der Waals surface area (Å²) in [6, 6.07) is 2.36. The van der Waals surface area contributed by atoms with Crippen LogP contribution in [0.5, 0.6) is 0 Å². The van der Waals surface area contributed by atoms with Gasteiger partial charge in [0.1, 0.15) is 6.61 Å². The highest BCUT2D eigenvalue weighted by molar-refractivity contribution is 4.97. The molecule has 0 aliphatic rings. The third kappa shape index (κ3) is 2.06. The zero-order valence-corrected chi connectivity index (χ0v) is 7.53. The molecule has 1 aromatic heterocycles. The summed E-state index contributed by atoms with van der Waals surface area (Å²) in [6.45, 7) is 4.63. The van der Waals surface area contributed by atoms with Crippen molar-refractivity contribution in [2.24, 2.45) is 5.90 Å². The molecule has 1 rings (SSSR count). The van der Waals surface area contributed by atoms with Gasteiger partial charge in [-0.1, -0.05) is 6.92 Å². The number of hydrogen-bond donors (Lipinski definition) is 1. The first-order valence-corrected chi connectivity index (χ1v) is 4.13. The van der Waals surface area contributed by atoms with E-state index < -0.39 is 0 Å². The molecule has 68 valence electrons. The Morgan fingerprint density at radius 3 is 3.08 bits per heavy atom. The van der Waals surface area contributed by atoms with E-state index in [0.29, 0.717) is 12.6 Å². The van der Waals surface area contributed by atoms with Gasteiger partial charge in [0, 0.05) is 12.2 Å². The van der Waals surface area contributed by atoms with Crippen LogP contribution in [0, 0.1) is 0 Å². The number of nitrogens with zero attached hydrogens (tertiary/aromatic N) is 2. The molecule has 0 saturated heterocycles. The monoisotopic (exact) mass is 169 g/mol. The van der Waals surface area contributed by atoms with E-state index >= 15 is 0 Å². The lowest BCUT2D eigenvalue weighted by Crippen LogP contribution is -2.06. The van der Waals surface area contributed by atoms with Crippen LogP contribution in [-0.4, -0.2) is 9.78 Å². The van der Waals surface area contributed by atoms with Crippen LogP contribution < -0.4 is 5.90 Å². The third-order valence-corrected chi connectivity index (χ3v) is 1.94. The van der Waals surface area contributed by atoms with Crippen molar-refractivity contribution in [1.29, 1.82) is 0 Å². The SMILES string of the molecule is CCC(C)n1ccc(CON)n1. The molecule has 0 aromatic carbocycles. The van der Waals surface area contributed by atoms with Gasteiger partial charge in [0.05, 0.1) is 5.69 Å². The second-order valence-corrected chi connectivity index (χ2v) is 2.86. The zero-order chi connectivity index (χ0) is 8.97. The Hall–Kier alpha value is -0.870.